The third kappa shape index (κ3) is 4.83. The second-order valence-corrected chi connectivity index (χ2v) is 9.08. The molecule has 0 saturated heterocycles. The van der Waals surface area contributed by atoms with Gasteiger partial charge < -0.3 is 5.32 Å². The predicted molar refractivity (Wildman–Crippen MR) is 126 cm³/mol. The molecule has 1 aliphatic rings. The molecule has 2 atom stereocenters. The number of nitrogens with one attached hydrogen (secondary N) is 1. The lowest BCUT2D eigenvalue weighted by Gasteiger charge is -2.32. The lowest BCUT2D eigenvalue weighted by Crippen LogP contribution is -2.48. The molecule has 0 radical (unpaired) electrons. The lowest BCUT2D eigenvalue weighted by atomic mass is 9.78. The van der Waals surface area contributed by atoms with Gasteiger partial charge in [0, 0.05) is 29.4 Å². The first kappa shape index (κ1) is 21.6. The first-order chi connectivity index (χ1) is 15.1. The Morgan fingerprint density at radius 1 is 1.03 bits per heavy atom. The molecule has 2 unspecified atom stereocenters. The summed E-state index contributed by atoms with van der Waals surface area (Å²) in [4.78, 5) is 17.9. The molecule has 31 heavy (non-hydrogen) atoms. The molecule has 1 fully saturated rings. The highest BCUT2D eigenvalue weighted by atomic mass is 35.5. The van der Waals surface area contributed by atoms with E-state index in [1.807, 2.05) is 36.5 Å². The Labute approximate surface area is 189 Å². The highest BCUT2D eigenvalue weighted by molar-refractivity contribution is 6.30. The van der Waals surface area contributed by atoms with Crippen LogP contribution in [-0.4, -0.2) is 16.9 Å². The Bertz CT molecular complexity index is 983. The fourth-order valence-corrected chi connectivity index (χ4v) is 5.00. The maximum atomic E-state index is 13.7. The molecule has 160 valence electrons. The molecule has 1 heterocycles. The van der Waals surface area contributed by atoms with E-state index in [4.69, 9.17) is 11.6 Å². The van der Waals surface area contributed by atoms with Gasteiger partial charge in [-0.25, -0.2) is 0 Å². The molecule has 1 aliphatic carbocycles. The first-order valence-corrected chi connectivity index (χ1v) is 11.5. The van der Waals surface area contributed by atoms with Crippen LogP contribution in [0.25, 0.3) is 0 Å². The van der Waals surface area contributed by atoms with Gasteiger partial charge in [-0.1, -0.05) is 73.0 Å². The molecule has 1 amide bonds. The molecule has 3 aromatic rings. The Balaban J connectivity index is 1.58. The van der Waals surface area contributed by atoms with Gasteiger partial charge >= 0.3 is 0 Å². The molecular formula is C27H29ClN2O. The second-order valence-electron chi connectivity index (χ2n) is 8.64. The Morgan fingerprint density at radius 3 is 2.39 bits per heavy atom. The quantitative estimate of drug-likeness (QED) is 0.491. The van der Waals surface area contributed by atoms with E-state index in [-0.39, 0.29) is 17.9 Å². The van der Waals surface area contributed by atoms with Crippen LogP contribution >= 0.6 is 11.6 Å². The van der Waals surface area contributed by atoms with E-state index in [2.05, 4.69) is 53.6 Å². The van der Waals surface area contributed by atoms with E-state index in [1.165, 1.54) is 11.1 Å². The standard InChI is InChI=1S/C27H29ClN2O/c1-20(30-26(31)27(15-5-6-16-27)23-10-7-17-29-19-23)25(22-8-3-2-4-9-22)18-21-11-13-24(28)14-12-21/h2-4,7-14,17,19-20,25H,5-6,15-16,18H2,1H3,(H,30,31). The molecule has 4 rings (SSSR count). The topological polar surface area (TPSA) is 42.0 Å². The van der Waals surface area contributed by atoms with Crippen LogP contribution in [0.5, 0.6) is 0 Å². The number of hydrogen-bond donors (Lipinski definition) is 1. The predicted octanol–water partition coefficient (Wildman–Crippen LogP) is 6.08. The van der Waals surface area contributed by atoms with Crippen molar-refractivity contribution in [1.82, 2.24) is 10.3 Å². The molecule has 4 heteroatoms. The number of halogens is 1. The van der Waals surface area contributed by atoms with E-state index < -0.39 is 5.41 Å². The smallest absolute Gasteiger partial charge is 0.230 e. The maximum Gasteiger partial charge on any atom is 0.230 e. The highest BCUT2D eigenvalue weighted by Gasteiger charge is 2.43. The first-order valence-electron chi connectivity index (χ1n) is 11.1. The van der Waals surface area contributed by atoms with Crippen molar-refractivity contribution in [2.45, 2.75) is 56.4 Å². The minimum absolute atomic E-state index is 0.0141. The summed E-state index contributed by atoms with van der Waals surface area (Å²) >= 11 is 6.08. The van der Waals surface area contributed by atoms with Gasteiger partial charge in [0.05, 0.1) is 5.41 Å². The Hall–Kier alpha value is -2.65. The number of rotatable bonds is 7. The third-order valence-electron chi connectivity index (χ3n) is 6.66. The minimum atomic E-state index is -0.468. The van der Waals surface area contributed by atoms with E-state index in [9.17, 15) is 4.79 Å². The van der Waals surface area contributed by atoms with E-state index in [0.717, 1.165) is 42.7 Å². The zero-order valence-electron chi connectivity index (χ0n) is 17.9. The zero-order chi connectivity index (χ0) is 21.7. The summed E-state index contributed by atoms with van der Waals surface area (Å²) in [6.07, 6.45) is 8.37. The van der Waals surface area contributed by atoms with Gasteiger partial charge in [0.2, 0.25) is 5.91 Å². The number of pyridine rings is 1. The van der Waals surface area contributed by atoms with Gasteiger partial charge in [0.25, 0.3) is 0 Å². The molecule has 0 aliphatic heterocycles. The summed E-state index contributed by atoms with van der Waals surface area (Å²) in [6, 6.07) is 22.4. The monoisotopic (exact) mass is 432 g/mol. The summed E-state index contributed by atoms with van der Waals surface area (Å²) in [5, 5.41) is 4.14. The van der Waals surface area contributed by atoms with Crippen LogP contribution in [-0.2, 0) is 16.6 Å². The summed E-state index contributed by atoms with van der Waals surface area (Å²) in [5.41, 5.74) is 3.00. The van der Waals surface area contributed by atoms with Crippen molar-refractivity contribution in [1.29, 1.82) is 0 Å². The molecule has 0 bridgehead atoms. The van der Waals surface area contributed by atoms with Crippen molar-refractivity contribution in [3.63, 3.8) is 0 Å². The van der Waals surface area contributed by atoms with Crippen LogP contribution in [0.2, 0.25) is 5.02 Å². The maximum absolute atomic E-state index is 13.7. The molecular weight excluding hydrogens is 404 g/mol. The van der Waals surface area contributed by atoms with Crippen LogP contribution in [0.3, 0.4) is 0 Å². The lowest BCUT2D eigenvalue weighted by molar-refractivity contribution is -0.127. The Kier molecular flexibility index (Phi) is 6.72. The molecule has 1 saturated carbocycles. The number of carbonyl (C=O) groups excluding carboxylic acids is 1. The highest BCUT2D eigenvalue weighted by Crippen LogP contribution is 2.41. The average Bonchev–Trinajstić information content (AvgIpc) is 3.31. The molecule has 1 aromatic heterocycles. The van der Waals surface area contributed by atoms with Gasteiger partial charge in [-0.3, -0.25) is 9.78 Å². The largest absolute Gasteiger partial charge is 0.352 e. The Morgan fingerprint density at radius 2 is 1.74 bits per heavy atom. The van der Waals surface area contributed by atoms with Crippen LogP contribution in [0.4, 0.5) is 0 Å². The van der Waals surface area contributed by atoms with Crippen molar-refractivity contribution in [3.8, 4) is 0 Å². The summed E-state index contributed by atoms with van der Waals surface area (Å²) < 4.78 is 0. The van der Waals surface area contributed by atoms with Crippen LogP contribution in [0.1, 0.15) is 55.2 Å². The molecule has 0 spiro atoms. The number of amides is 1. The van der Waals surface area contributed by atoms with Crippen LogP contribution in [0, 0.1) is 0 Å². The van der Waals surface area contributed by atoms with Crippen molar-refractivity contribution < 1.29 is 4.79 Å². The van der Waals surface area contributed by atoms with Gasteiger partial charge in [-0.05, 0) is 61.1 Å². The van der Waals surface area contributed by atoms with Crippen molar-refractivity contribution in [2.24, 2.45) is 0 Å². The van der Waals surface area contributed by atoms with Gasteiger partial charge in [-0.15, -0.1) is 0 Å². The molecule has 1 N–H and O–H groups in total. The third-order valence-corrected chi connectivity index (χ3v) is 6.92. The zero-order valence-corrected chi connectivity index (χ0v) is 18.7. The minimum Gasteiger partial charge on any atom is -0.352 e. The number of benzene rings is 2. The van der Waals surface area contributed by atoms with Crippen LogP contribution < -0.4 is 5.32 Å². The number of nitrogens with zero attached hydrogens (tertiary/aromatic N) is 1. The summed E-state index contributed by atoms with van der Waals surface area (Å²) in [6.45, 7) is 2.12. The van der Waals surface area contributed by atoms with Crippen molar-refractivity contribution >= 4 is 17.5 Å². The van der Waals surface area contributed by atoms with Crippen molar-refractivity contribution in [2.75, 3.05) is 0 Å². The number of aromatic nitrogens is 1. The number of carbonyl (C=O) groups is 1. The summed E-state index contributed by atoms with van der Waals surface area (Å²) in [7, 11) is 0. The van der Waals surface area contributed by atoms with Gasteiger partial charge in [-0.2, -0.15) is 0 Å². The van der Waals surface area contributed by atoms with E-state index in [0.29, 0.717) is 0 Å². The van der Waals surface area contributed by atoms with E-state index in [1.54, 1.807) is 6.20 Å². The summed E-state index contributed by atoms with van der Waals surface area (Å²) in [5.74, 6) is 0.293. The molecule has 3 nitrogen and oxygen atoms in total. The second kappa shape index (κ2) is 9.65. The van der Waals surface area contributed by atoms with Crippen molar-refractivity contribution in [3.05, 3.63) is 101 Å². The van der Waals surface area contributed by atoms with E-state index >= 15 is 0 Å². The fraction of sp³-hybridized carbons (Fsp3) is 0.333. The fourth-order valence-electron chi connectivity index (χ4n) is 4.87. The van der Waals surface area contributed by atoms with Gasteiger partial charge in [0.15, 0.2) is 0 Å². The SMILES string of the molecule is CC(NC(=O)C1(c2cccnc2)CCCC1)C(Cc1ccc(Cl)cc1)c1ccccc1. The van der Waals surface area contributed by atoms with Crippen LogP contribution in [0.15, 0.2) is 79.1 Å². The van der Waals surface area contributed by atoms with Gasteiger partial charge in [0.1, 0.15) is 0 Å². The normalized spacial score (nSPS) is 17.1. The molecule has 2 aromatic carbocycles. The average molecular weight is 433 g/mol. The number of hydrogen-bond acceptors (Lipinski definition) is 2.